The van der Waals surface area contributed by atoms with E-state index in [1.807, 2.05) is 13.8 Å². The Bertz CT molecular complexity index is 198. The maximum atomic E-state index is 11.7. The van der Waals surface area contributed by atoms with E-state index in [9.17, 15) is 4.79 Å². The Kier molecular flexibility index (Phi) is 9.92. The molecule has 16 heavy (non-hydrogen) atoms. The molecule has 0 aromatic rings. The largest absolute Gasteiger partial charge is 0.384 e. The molecule has 2 unspecified atom stereocenters. The molecule has 0 spiro atoms. The maximum Gasteiger partial charge on any atom is 0.239 e. The fourth-order valence-electron chi connectivity index (χ4n) is 1.45. The van der Waals surface area contributed by atoms with Crippen molar-refractivity contribution in [1.29, 1.82) is 0 Å². The van der Waals surface area contributed by atoms with Crippen molar-refractivity contribution < 1.29 is 9.53 Å². The standard InChI is InChI=1S/C11H24N2O2.ClH/c1-5-6-11(3,12)10(14)13-7-9(2)8-15-4;/h9H,5-8,12H2,1-4H3,(H,13,14);1H. The molecule has 2 atom stereocenters. The third-order valence-corrected chi connectivity index (χ3v) is 2.35. The van der Waals surface area contributed by atoms with Crippen molar-refractivity contribution in [3.05, 3.63) is 0 Å². The molecule has 4 nitrogen and oxygen atoms in total. The highest BCUT2D eigenvalue weighted by Crippen LogP contribution is 2.08. The number of hydrogen-bond donors (Lipinski definition) is 2. The van der Waals surface area contributed by atoms with E-state index in [4.69, 9.17) is 10.5 Å². The van der Waals surface area contributed by atoms with Gasteiger partial charge in [-0.15, -0.1) is 12.4 Å². The second-order valence-corrected chi connectivity index (χ2v) is 4.44. The molecule has 0 aliphatic rings. The number of nitrogens with two attached hydrogens (primary N) is 1. The van der Waals surface area contributed by atoms with Gasteiger partial charge in [-0.1, -0.05) is 20.3 Å². The first-order chi connectivity index (χ1) is 6.94. The Morgan fingerprint density at radius 2 is 2.12 bits per heavy atom. The maximum absolute atomic E-state index is 11.7. The van der Waals surface area contributed by atoms with Crippen LogP contribution in [0.5, 0.6) is 0 Å². The predicted molar refractivity (Wildman–Crippen MR) is 68.8 cm³/mol. The van der Waals surface area contributed by atoms with Crippen molar-refractivity contribution in [2.24, 2.45) is 11.7 Å². The van der Waals surface area contributed by atoms with Crippen LogP contribution >= 0.6 is 12.4 Å². The second kappa shape index (κ2) is 8.79. The number of hydrogen-bond acceptors (Lipinski definition) is 3. The number of halogens is 1. The van der Waals surface area contributed by atoms with Crippen LogP contribution in [0.15, 0.2) is 0 Å². The molecule has 0 aromatic carbocycles. The molecule has 3 N–H and O–H groups in total. The van der Waals surface area contributed by atoms with E-state index in [0.29, 0.717) is 25.5 Å². The Balaban J connectivity index is 0. The summed E-state index contributed by atoms with van der Waals surface area (Å²) in [6.45, 7) is 7.08. The highest BCUT2D eigenvalue weighted by atomic mass is 35.5. The van der Waals surface area contributed by atoms with E-state index in [-0.39, 0.29) is 18.3 Å². The summed E-state index contributed by atoms with van der Waals surface area (Å²) in [6.07, 6.45) is 1.62. The van der Waals surface area contributed by atoms with E-state index in [2.05, 4.69) is 5.32 Å². The summed E-state index contributed by atoms with van der Waals surface area (Å²) in [7, 11) is 1.66. The molecule has 0 aliphatic carbocycles. The van der Waals surface area contributed by atoms with Crippen molar-refractivity contribution in [3.63, 3.8) is 0 Å². The molecule has 0 fully saturated rings. The number of ether oxygens (including phenoxy) is 1. The Morgan fingerprint density at radius 1 is 1.56 bits per heavy atom. The van der Waals surface area contributed by atoms with Gasteiger partial charge in [0.25, 0.3) is 0 Å². The lowest BCUT2D eigenvalue weighted by Crippen LogP contribution is -2.52. The summed E-state index contributed by atoms with van der Waals surface area (Å²) in [5.74, 6) is 0.240. The minimum absolute atomic E-state index is 0. The van der Waals surface area contributed by atoms with Gasteiger partial charge in [0.05, 0.1) is 12.1 Å². The van der Waals surface area contributed by atoms with Crippen molar-refractivity contribution in [3.8, 4) is 0 Å². The quantitative estimate of drug-likeness (QED) is 0.719. The van der Waals surface area contributed by atoms with Gasteiger partial charge in [-0.3, -0.25) is 4.79 Å². The lowest BCUT2D eigenvalue weighted by atomic mass is 9.96. The second-order valence-electron chi connectivity index (χ2n) is 4.44. The minimum atomic E-state index is -0.748. The molecule has 0 aliphatic heterocycles. The van der Waals surface area contributed by atoms with Crippen LogP contribution in [-0.2, 0) is 9.53 Å². The molecule has 98 valence electrons. The Labute approximate surface area is 105 Å². The van der Waals surface area contributed by atoms with Crippen LogP contribution < -0.4 is 11.1 Å². The molecule has 5 heteroatoms. The molecule has 0 aromatic heterocycles. The number of carbonyl (C=O) groups is 1. The molecule has 0 heterocycles. The lowest BCUT2D eigenvalue weighted by Gasteiger charge is -2.23. The molecule has 0 saturated carbocycles. The van der Waals surface area contributed by atoms with Crippen molar-refractivity contribution in [2.75, 3.05) is 20.3 Å². The number of rotatable bonds is 7. The Hall–Kier alpha value is -0.320. The summed E-state index contributed by atoms with van der Waals surface area (Å²) >= 11 is 0. The summed E-state index contributed by atoms with van der Waals surface area (Å²) in [6, 6.07) is 0. The van der Waals surface area contributed by atoms with Gasteiger partial charge in [0.1, 0.15) is 0 Å². The van der Waals surface area contributed by atoms with Gasteiger partial charge in [-0.05, 0) is 19.3 Å². The van der Waals surface area contributed by atoms with Gasteiger partial charge < -0.3 is 15.8 Å². The van der Waals surface area contributed by atoms with Gasteiger partial charge >= 0.3 is 0 Å². The van der Waals surface area contributed by atoms with E-state index in [1.165, 1.54) is 0 Å². The zero-order valence-electron chi connectivity index (χ0n) is 10.7. The normalized spacial score (nSPS) is 15.8. The van der Waals surface area contributed by atoms with Crippen LogP contribution in [0, 0.1) is 5.92 Å². The van der Waals surface area contributed by atoms with Crippen LogP contribution in [0.1, 0.15) is 33.6 Å². The molecular weight excluding hydrogens is 228 g/mol. The van der Waals surface area contributed by atoms with Crippen LogP contribution in [0.25, 0.3) is 0 Å². The fourth-order valence-corrected chi connectivity index (χ4v) is 1.45. The average Bonchev–Trinajstić information content (AvgIpc) is 2.14. The zero-order valence-corrected chi connectivity index (χ0v) is 11.5. The predicted octanol–water partition coefficient (Wildman–Crippen LogP) is 1.32. The van der Waals surface area contributed by atoms with Crippen molar-refractivity contribution >= 4 is 18.3 Å². The third kappa shape index (κ3) is 7.04. The number of methoxy groups -OCH3 is 1. The number of carbonyl (C=O) groups excluding carboxylic acids is 1. The fraction of sp³-hybridized carbons (Fsp3) is 0.909. The first-order valence-electron chi connectivity index (χ1n) is 5.50. The SMILES string of the molecule is CCCC(C)(N)C(=O)NCC(C)COC.Cl. The topological polar surface area (TPSA) is 64.4 Å². The highest BCUT2D eigenvalue weighted by molar-refractivity contribution is 5.85. The molecule has 1 amide bonds. The number of nitrogens with one attached hydrogen (secondary N) is 1. The molecule has 0 rings (SSSR count). The van der Waals surface area contributed by atoms with Gasteiger partial charge in [-0.25, -0.2) is 0 Å². The molecular formula is C11H25ClN2O2. The van der Waals surface area contributed by atoms with E-state index >= 15 is 0 Å². The van der Waals surface area contributed by atoms with E-state index < -0.39 is 5.54 Å². The molecule has 0 bridgehead atoms. The van der Waals surface area contributed by atoms with Crippen molar-refractivity contribution in [1.82, 2.24) is 5.32 Å². The first kappa shape index (κ1) is 18.1. The lowest BCUT2D eigenvalue weighted by molar-refractivity contribution is -0.126. The first-order valence-corrected chi connectivity index (χ1v) is 5.50. The van der Waals surface area contributed by atoms with Gasteiger partial charge in [0, 0.05) is 13.7 Å². The summed E-state index contributed by atoms with van der Waals surface area (Å²) < 4.78 is 4.99. The third-order valence-electron chi connectivity index (χ3n) is 2.35. The monoisotopic (exact) mass is 252 g/mol. The van der Waals surface area contributed by atoms with Gasteiger partial charge in [0.15, 0.2) is 0 Å². The van der Waals surface area contributed by atoms with Crippen LogP contribution in [-0.4, -0.2) is 31.7 Å². The van der Waals surface area contributed by atoms with Crippen LogP contribution in [0.4, 0.5) is 0 Å². The summed E-state index contributed by atoms with van der Waals surface area (Å²) in [4.78, 5) is 11.7. The summed E-state index contributed by atoms with van der Waals surface area (Å²) in [5, 5.41) is 2.85. The molecule has 0 saturated heterocycles. The Morgan fingerprint density at radius 3 is 2.56 bits per heavy atom. The highest BCUT2D eigenvalue weighted by Gasteiger charge is 2.26. The zero-order chi connectivity index (χ0) is 11.9. The van der Waals surface area contributed by atoms with Crippen molar-refractivity contribution in [2.45, 2.75) is 39.2 Å². The van der Waals surface area contributed by atoms with Gasteiger partial charge in [0.2, 0.25) is 5.91 Å². The molecule has 0 radical (unpaired) electrons. The van der Waals surface area contributed by atoms with E-state index in [1.54, 1.807) is 14.0 Å². The summed E-state index contributed by atoms with van der Waals surface area (Å²) in [5.41, 5.74) is 5.14. The van der Waals surface area contributed by atoms with E-state index in [0.717, 1.165) is 6.42 Å². The van der Waals surface area contributed by atoms with Gasteiger partial charge in [-0.2, -0.15) is 0 Å². The minimum Gasteiger partial charge on any atom is -0.384 e. The van der Waals surface area contributed by atoms with Crippen LogP contribution in [0.2, 0.25) is 0 Å². The number of amides is 1. The van der Waals surface area contributed by atoms with Crippen LogP contribution in [0.3, 0.4) is 0 Å². The smallest absolute Gasteiger partial charge is 0.239 e. The average molecular weight is 253 g/mol.